The molecule has 0 saturated carbocycles. The second-order valence-corrected chi connectivity index (χ2v) is 7.28. The minimum atomic E-state index is -0.0700. The molecular formula is C14H20N4S. The van der Waals surface area contributed by atoms with Crippen molar-refractivity contribution in [1.29, 1.82) is 0 Å². The molecule has 19 heavy (non-hydrogen) atoms. The molecule has 0 spiro atoms. The summed E-state index contributed by atoms with van der Waals surface area (Å²) in [5, 5.41) is 8.12. The zero-order valence-corrected chi connectivity index (χ0v) is 12.4. The second kappa shape index (κ2) is 5.75. The van der Waals surface area contributed by atoms with E-state index in [-0.39, 0.29) is 10.8 Å². The monoisotopic (exact) mass is 276 g/mol. The molecule has 1 heterocycles. The van der Waals surface area contributed by atoms with Crippen molar-refractivity contribution >= 4 is 11.8 Å². The zero-order valence-electron chi connectivity index (χ0n) is 11.6. The van der Waals surface area contributed by atoms with E-state index < -0.39 is 0 Å². The van der Waals surface area contributed by atoms with Crippen molar-refractivity contribution in [2.75, 3.05) is 5.75 Å². The van der Waals surface area contributed by atoms with Gasteiger partial charge in [0.1, 0.15) is 0 Å². The normalized spacial score (nSPS) is 13.5. The first-order chi connectivity index (χ1) is 8.97. The van der Waals surface area contributed by atoms with Crippen LogP contribution in [0.2, 0.25) is 0 Å². The molecule has 1 aromatic carbocycles. The van der Waals surface area contributed by atoms with Crippen LogP contribution in [0.25, 0.3) is 5.69 Å². The number of thioether (sulfide) groups is 1. The summed E-state index contributed by atoms with van der Waals surface area (Å²) in [6.45, 7) is 6.57. The van der Waals surface area contributed by atoms with Gasteiger partial charge in [-0.25, -0.2) is 4.68 Å². The summed E-state index contributed by atoms with van der Waals surface area (Å²) in [6.07, 6.45) is 1.75. The average molecular weight is 276 g/mol. The lowest BCUT2D eigenvalue weighted by molar-refractivity contribution is 0.698. The van der Waals surface area contributed by atoms with Crippen molar-refractivity contribution in [1.82, 2.24) is 15.0 Å². The van der Waals surface area contributed by atoms with Gasteiger partial charge in [-0.1, -0.05) is 44.2 Å². The van der Waals surface area contributed by atoms with Gasteiger partial charge in [-0.15, -0.1) is 5.10 Å². The number of nitrogens with zero attached hydrogens (tertiary/aromatic N) is 3. The third-order valence-electron chi connectivity index (χ3n) is 2.65. The molecule has 0 saturated heterocycles. The molecule has 1 unspecified atom stereocenters. The Morgan fingerprint density at radius 1 is 1.26 bits per heavy atom. The number of para-hydroxylation sites is 1. The smallest absolute Gasteiger partial charge is 0.0821 e. The van der Waals surface area contributed by atoms with Crippen LogP contribution in [0.4, 0.5) is 0 Å². The third-order valence-corrected chi connectivity index (χ3v) is 4.04. The van der Waals surface area contributed by atoms with Gasteiger partial charge in [-0.2, -0.15) is 11.8 Å². The van der Waals surface area contributed by atoms with Crippen molar-refractivity contribution in [3.8, 4) is 5.69 Å². The average Bonchev–Trinajstić information content (AvgIpc) is 2.85. The Kier molecular flexibility index (Phi) is 4.27. The maximum atomic E-state index is 6.26. The number of rotatable bonds is 4. The Balaban J connectivity index is 2.16. The molecule has 0 aliphatic rings. The highest BCUT2D eigenvalue weighted by Gasteiger charge is 2.18. The van der Waals surface area contributed by atoms with E-state index in [2.05, 4.69) is 31.1 Å². The molecular weight excluding hydrogens is 256 g/mol. The molecule has 0 radical (unpaired) electrons. The minimum absolute atomic E-state index is 0.0700. The lowest BCUT2D eigenvalue weighted by Crippen LogP contribution is -2.20. The van der Waals surface area contributed by atoms with E-state index >= 15 is 0 Å². The van der Waals surface area contributed by atoms with Crippen LogP contribution in [-0.4, -0.2) is 25.5 Å². The molecule has 0 aliphatic heterocycles. The number of aromatic nitrogens is 3. The SMILES string of the molecule is CC(C)(C)SCC(N)c1cnnn1-c1ccccc1. The predicted octanol–water partition coefficient (Wildman–Crippen LogP) is 2.80. The predicted molar refractivity (Wildman–Crippen MR) is 80.5 cm³/mol. The summed E-state index contributed by atoms with van der Waals surface area (Å²) in [5.41, 5.74) is 8.20. The van der Waals surface area contributed by atoms with Crippen LogP contribution in [0.5, 0.6) is 0 Å². The van der Waals surface area contributed by atoms with E-state index in [4.69, 9.17) is 5.73 Å². The Morgan fingerprint density at radius 3 is 2.58 bits per heavy atom. The van der Waals surface area contributed by atoms with Gasteiger partial charge in [0.2, 0.25) is 0 Å². The van der Waals surface area contributed by atoms with Gasteiger partial charge >= 0.3 is 0 Å². The summed E-state index contributed by atoms with van der Waals surface area (Å²) in [4.78, 5) is 0. The fourth-order valence-electron chi connectivity index (χ4n) is 1.69. The Hall–Kier alpha value is -1.33. The first kappa shape index (κ1) is 14.1. The molecule has 5 heteroatoms. The highest BCUT2D eigenvalue weighted by molar-refractivity contribution is 8.00. The first-order valence-electron chi connectivity index (χ1n) is 6.33. The van der Waals surface area contributed by atoms with Crippen LogP contribution in [0.1, 0.15) is 32.5 Å². The van der Waals surface area contributed by atoms with Crippen molar-refractivity contribution in [3.63, 3.8) is 0 Å². The van der Waals surface area contributed by atoms with E-state index in [0.29, 0.717) is 0 Å². The molecule has 1 aromatic heterocycles. The van der Waals surface area contributed by atoms with Crippen LogP contribution >= 0.6 is 11.8 Å². The summed E-state index contributed by atoms with van der Waals surface area (Å²) >= 11 is 1.85. The number of nitrogens with two attached hydrogens (primary N) is 1. The fourth-order valence-corrected chi connectivity index (χ4v) is 2.54. The molecule has 102 valence electrons. The minimum Gasteiger partial charge on any atom is -0.322 e. The highest BCUT2D eigenvalue weighted by Crippen LogP contribution is 2.27. The lowest BCUT2D eigenvalue weighted by Gasteiger charge is -2.20. The molecule has 2 rings (SSSR count). The maximum absolute atomic E-state index is 6.26. The third kappa shape index (κ3) is 3.81. The van der Waals surface area contributed by atoms with Gasteiger partial charge in [0, 0.05) is 10.5 Å². The quantitative estimate of drug-likeness (QED) is 0.933. The molecule has 1 atom stereocenters. The van der Waals surface area contributed by atoms with Gasteiger partial charge in [0.15, 0.2) is 0 Å². The summed E-state index contributed by atoms with van der Waals surface area (Å²) in [5.74, 6) is 0.851. The van der Waals surface area contributed by atoms with Gasteiger partial charge in [0.05, 0.1) is 23.6 Å². The van der Waals surface area contributed by atoms with E-state index in [9.17, 15) is 0 Å². The maximum Gasteiger partial charge on any atom is 0.0821 e. The molecule has 4 nitrogen and oxygen atoms in total. The molecule has 0 bridgehead atoms. The number of hydrogen-bond donors (Lipinski definition) is 1. The van der Waals surface area contributed by atoms with E-state index in [1.54, 1.807) is 6.20 Å². The van der Waals surface area contributed by atoms with Gasteiger partial charge in [-0.05, 0) is 12.1 Å². The Morgan fingerprint density at radius 2 is 1.95 bits per heavy atom. The van der Waals surface area contributed by atoms with Crippen LogP contribution in [0.15, 0.2) is 36.5 Å². The van der Waals surface area contributed by atoms with Crippen molar-refractivity contribution in [3.05, 3.63) is 42.2 Å². The van der Waals surface area contributed by atoms with Gasteiger partial charge < -0.3 is 5.73 Å². The van der Waals surface area contributed by atoms with E-state index in [0.717, 1.165) is 17.1 Å². The zero-order chi connectivity index (χ0) is 13.9. The summed E-state index contributed by atoms with van der Waals surface area (Å²) in [6, 6.07) is 9.88. The summed E-state index contributed by atoms with van der Waals surface area (Å²) in [7, 11) is 0. The highest BCUT2D eigenvalue weighted by atomic mass is 32.2. The van der Waals surface area contributed by atoms with Gasteiger partial charge in [0.25, 0.3) is 0 Å². The largest absolute Gasteiger partial charge is 0.322 e. The van der Waals surface area contributed by atoms with Crippen LogP contribution in [0.3, 0.4) is 0 Å². The first-order valence-corrected chi connectivity index (χ1v) is 7.31. The van der Waals surface area contributed by atoms with Crippen LogP contribution < -0.4 is 5.73 Å². The number of hydrogen-bond acceptors (Lipinski definition) is 4. The van der Waals surface area contributed by atoms with Crippen LogP contribution in [-0.2, 0) is 0 Å². The standard InChI is InChI=1S/C14H20N4S/c1-14(2,3)19-10-12(15)13-9-16-17-18(13)11-7-5-4-6-8-11/h4-9,12H,10,15H2,1-3H3. The molecule has 0 aliphatic carbocycles. The Bertz CT molecular complexity index is 516. The van der Waals surface area contributed by atoms with Crippen molar-refractivity contribution in [2.24, 2.45) is 5.73 Å². The lowest BCUT2D eigenvalue weighted by atomic mass is 10.2. The fraction of sp³-hybridized carbons (Fsp3) is 0.429. The molecule has 2 N–H and O–H groups in total. The van der Waals surface area contributed by atoms with Crippen LogP contribution in [0, 0.1) is 0 Å². The second-order valence-electron chi connectivity index (χ2n) is 5.44. The molecule has 2 aromatic rings. The topological polar surface area (TPSA) is 56.7 Å². The summed E-state index contributed by atoms with van der Waals surface area (Å²) < 4.78 is 2.02. The van der Waals surface area contributed by atoms with E-state index in [1.807, 2.05) is 46.8 Å². The van der Waals surface area contributed by atoms with Crippen molar-refractivity contribution < 1.29 is 0 Å². The Labute approximate surface area is 118 Å². The molecule has 0 amide bonds. The van der Waals surface area contributed by atoms with Crippen molar-refractivity contribution in [2.45, 2.75) is 31.6 Å². The number of benzene rings is 1. The van der Waals surface area contributed by atoms with E-state index in [1.165, 1.54) is 0 Å². The molecule has 0 fully saturated rings. The van der Waals surface area contributed by atoms with Gasteiger partial charge in [-0.3, -0.25) is 0 Å².